The summed E-state index contributed by atoms with van der Waals surface area (Å²) in [6.07, 6.45) is 3.75. The van der Waals surface area contributed by atoms with Gasteiger partial charge in [-0.05, 0) is 37.8 Å². The Hall–Kier alpha value is -0.900. The lowest BCUT2D eigenvalue weighted by atomic mass is 10.2. The van der Waals surface area contributed by atoms with E-state index in [0.29, 0.717) is 11.8 Å². The largest absolute Gasteiger partial charge is 0.323 e. The molecule has 0 aromatic rings. The maximum atomic E-state index is 5.33. The molecule has 0 aliphatic carbocycles. The topological polar surface area (TPSA) is 62.8 Å². The third kappa shape index (κ3) is 11.4. The summed E-state index contributed by atoms with van der Waals surface area (Å²) in [5, 5.41) is 7.16. The van der Waals surface area contributed by atoms with Crippen LogP contribution in [0.1, 0.15) is 40.5 Å². The van der Waals surface area contributed by atoms with Gasteiger partial charge in [0.25, 0.3) is 0 Å². The van der Waals surface area contributed by atoms with Crippen molar-refractivity contribution in [3.05, 3.63) is 0 Å². The monoisotopic (exact) mass is 240 g/mol. The first-order valence-corrected chi connectivity index (χ1v) is 6.53. The van der Waals surface area contributed by atoms with Crippen LogP contribution in [0, 0.1) is 11.8 Å². The van der Waals surface area contributed by atoms with Crippen molar-refractivity contribution in [2.24, 2.45) is 27.8 Å². The minimum atomic E-state index is 0.581. The number of aliphatic imine (C=N–C) groups is 1. The molecular formula is C13H28N4. The molecule has 0 bridgehead atoms. The van der Waals surface area contributed by atoms with Crippen LogP contribution < -0.4 is 11.2 Å². The van der Waals surface area contributed by atoms with E-state index in [0.717, 1.165) is 38.2 Å². The molecule has 4 heteroatoms. The van der Waals surface area contributed by atoms with E-state index in [1.807, 2.05) is 6.21 Å². The Kier molecular flexibility index (Phi) is 9.72. The fourth-order valence-corrected chi connectivity index (χ4v) is 1.32. The van der Waals surface area contributed by atoms with Crippen LogP contribution in [-0.2, 0) is 0 Å². The highest BCUT2D eigenvalue weighted by Gasteiger charge is 1.97. The van der Waals surface area contributed by atoms with Crippen LogP contribution in [-0.4, -0.2) is 31.6 Å². The fraction of sp³-hybridized carbons (Fsp3) is 0.846. The van der Waals surface area contributed by atoms with Crippen LogP contribution in [0.2, 0.25) is 0 Å². The first-order chi connectivity index (χ1) is 8.06. The molecule has 0 rings (SSSR count). The summed E-state index contributed by atoms with van der Waals surface area (Å²) in [6, 6.07) is 0. The van der Waals surface area contributed by atoms with Gasteiger partial charge in [0, 0.05) is 12.8 Å². The van der Waals surface area contributed by atoms with Crippen molar-refractivity contribution in [3.63, 3.8) is 0 Å². The molecule has 0 spiro atoms. The van der Waals surface area contributed by atoms with E-state index in [9.17, 15) is 0 Å². The Morgan fingerprint density at radius 1 is 1.24 bits per heavy atom. The van der Waals surface area contributed by atoms with Crippen LogP contribution in [0.5, 0.6) is 0 Å². The number of hydrogen-bond donors (Lipinski definition) is 2. The second-order valence-corrected chi connectivity index (χ2v) is 5.21. The van der Waals surface area contributed by atoms with Crippen molar-refractivity contribution in [1.82, 2.24) is 5.32 Å². The smallest absolute Gasteiger partial charge is 0.0778 e. The molecule has 0 saturated carbocycles. The van der Waals surface area contributed by atoms with Gasteiger partial charge in [0.15, 0.2) is 0 Å². The second kappa shape index (κ2) is 10.3. The average Bonchev–Trinajstić information content (AvgIpc) is 2.25. The Balaban J connectivity index is 3.66. The zero-order valence-corrected chi connectivity index (χ0v) is 11.7. The summed E-state index contributed by atoms with van der Waals surface area (Å²) in [6.45, 7) is 11.6. The lowest BCUT2D eigenvalue weighted by Crippen LogP contribution is -2.21. The molecule has 0 aromatic carbocycles. The second-order valence-electron chi connectivity index (χ2n) is 5.21. The number of nitrogens with zero attached hydrogens (tertiary/aromatic N) is 2. The summed E-state index contributed by atoms with van der Waals surface area (Å²) < 4.78 is 0. The third-order valence-corrected chi connectivity index (χ3v) is 2.22. The standard InChI is InChI=1S/C13H28N4/c1-11(2)8-15-7-5-6-13(17-14)10-16-9-12(3)4/h10-12,15H,5-9,14H2,1-4H3/b16-10?,17-13-. The summed E-state index contributed by atoms with van der Waals surface area (Å²) in [5.74, 6) is 6.61. The number of hydrazone groups is 1. The number of hydrogen-bond acceptors (Lipinski definition) is 4. The molecular weight excluding hydrogens is 212 g/mol. The van der Waals surface area contributed by atoms with Gasteiger partial charge in [0.05, 0.1) is 5.71 Å². The van der Waals surface area contributed by atoms with Crippen LogP contribution in [0.3, 0.4) is 0 Å². The van der Waals surface area contributed by atoms with E-state index in [2.05, 4.69) is 43.1 Å². The molecule has 100 valence electrons. The Bertz CT molecular complexity index is 232. The van der Waals surface area contributed by atoms with Gasteiger partial charge in [-0.2, -0.15) is 5.10 Å². The first kappa shape index (κ1) is 16.1. The molecule has 0 aliphatic heterocycles. The van der Waals surface area contributed by atoms with Crippen molar-refractivity contribution >= 4 is 11.9 Å². The summed E-state index contributed by atoms with van der Waals surface area (Å²) >= 11 is 0. The summed E-state index contributed by atoms with van der Waals surface area (Å²) in [5.41, 5.74) is 0.886. The van der Waals surface area contributed by atoms with E-state index < -0.39 is 0 Å². The number of rotatable bonds is 9. The third-order valence-electron chi connectivity index (χ3n) is 2.22. The maximum Gasteiger partial charge on any atom is 0.0778 e. The van der Waals surface area contributed by atoms with Crippen LogP contribution in [0.4, 0.5) is 0 Å². The van der Waals surface area contributed by atoms with Gasteiger partial charge in [0.2, 0.25) is 0 Å². The van der Waals surface area contributed by atoms with Crippen molar-refractivity contribution in [2.75, 3.05) is 19.6 Å². The van der Waals surface area contributed by atoms with Gasteiger partial charge in [-0.25, -0.2) is 0 Å². The minimum Gasteiger partial charge on any atom is -0.323 e. The molecule has 0 atom stereocenters. The molecule has 3 N–H and O–H groups in total. The van der Waals surface area contributed by atoms with Gasteiger partial charge in [-0.3, -0.25) is 4.99 Å². The highest BCUT2D eigenvalue weighted by Crippen LogP contribution is 1.94. The molecule has 0 fully saturated rings. The Labute approximate surface area is 106 Å². The van der Waals surface area contributed by atoms with Crippen molar-refractivity contribution in [2.45, 2.75) is 40.5 Å². The van der Waals surface area contributed by atoms with Gasteiger partial charge in [-0.1, -0.05) is 27.7 Å². The maximum absolute atomic E-state index is 5.33. The lowest BCUT2D eigenvalue weighted by Gasteiger charge is -2.06. The molecule has 17 heavy (non-hydrogen) atoms. The lowest BCUT2D eigenvalue weighted by molar-refractivity contribution is 0.546. The molecule has 0 aromatic heterocycles. The predicted octanol–water partition coefficient (Wildman–Crippen LogP) is 2.05. The number of nitrogens with one attached hydrogen (secondary N) is 1. The Morgan fingerprint density at radius 3 is 2.47 bits per heavy atom. The highest BCUT2D eigenvalue weighted by atomic mass is 15.1. The molecule has 0 saturated heterocycles. The van der Waals surface area contributed by atoms with Crippen molar-refractivity contribution in [3.8, 4) is 0 Å². The van der Waals surface area contributed by atoms with E-state index >= 15 is 0 Å². The van der Waals surface area contributed by atoms with E-state index in [4.69, 9.17) is 5.84 Å². The SMILES string of the molecule is CC(C)CN=C/C(CCCNCC(C)C)=N\N. The number of nitrogens with two attached hydrogens (primary N) is 1. The molecule has 0 radical (unpaired) electrons. The normalized spacial score (nSPS) is 13.2. The average molecular weight is 240 g/mol. The highest BCUT2D eigenvalue weighted by molar-refractivity contribution is 6.30. The minimum absolute atomic E-state index is 0.581. The van der Waals surface area contributed by atoms with E-state index in [1.54, 1.807) is 0 Å². The zero-order valence-electron chi connectivity index (χ0n) is 11.7. The van der Waals surface area contributed by atoms with E-state index in [1.165, 1.54) is 0 Å². The van der Waals surface area contributed by atoms with Crippen molar-refractivity contribution < 1.29 is 0 Å². The van der Waals surface area contributed by atoms with E-state index in [-0.39, 0.29) is 0 Å². The molecule has 0 heterocycles. The van der Waals surface area contributed by atoms with Crippen LogP contribution in [0.15, 0.2) is 10.1 Å². The molecule has 0 unspecified atom stereocenters. The van der Waals surface area contributed by atoms with Gasteiger partial charge >= 0.3 is 0 Å². The Morgan fingerprint density at radius 2 is 1.94 bits per heavy atom. The predicted molar refractivity (Wildman–Crippen MR) is 76.8 cm³/mol. The molecule has 0 amide bonds. The first-order valence-electron chi connectivity index (χ1n) is 6.53. The summed E-state index contributed by atoms with van der Waals surface area (Å²) in [7, 11) is 0. The van der Waals surface area contributed by atoms with Crippen molar-refractivity contribution in [1.29, 1.82) is 0 Å². The van der Waals surface area contributed by atoms with Crippen LogP contribution >= 0.6 is 0 Å². The quantitative estimate of drug-likeness (QED) is 0.280. The summed E-state index contributed by atoms with van der Waals surface area (Å²) in [4.78, 5) is 4.31. The molecule has 4 nitrogen and oxygen atoms in total. The van der Waals surface area contributed by atoms with Gasteiger partial charge in [-0.15, -0.1) is 0 Å². The molecule has 0 aliphatic rings. The van der Waals surface area contributed by atoms with Gasteiger partial charge < -0.3 is 11.2 Å². The fourth-order valence-electron chi connectivity index (χ4n) is 1.32. The zero-order chi connectivity index (χ0) is 13.1. The van der Waals surface area contributed by atoms with Crippen LogP contribution in [0.25, 0.3) is 0 Å². The van der Waals surface area contributed by atoms with Gasteiger partial charge in [0.1, 0.15) is 0 Å².